The molecule has 0 spiro atoms. The first-order chi connectivity index (χ1) is 13.5. The average Bonchev–Trinajstić information content (AvgIpc) is 3.02. The van der Waals surface area contributed by atoms with Crippen LogP contribution in [-0.4, -0.2) is 40.2 Å². The Labute approximate surface area is 170 Å². The lowest BCUT2D eigenvalue weighted by Gasteiger charge is -2.32. The molecule has 3 rings (SSSR count). The number of benzene rings is 2. The first kappa shape index (κ1) is 21.1. The molecule has 1 atom stereocenters. The van der Waals surface area contributed by atoms with Gasteiger partial charge in [0.05, 0.1) is 12.1 Å². The van der Waals surface area contributed by atoms with Gasteiger partial charge in [0.1, 0.15) is 5.75 Å². The third kappa shape index (κ3) is 4.23. The Bertz CT molecular complexity index is 960. The lowest BCUT2D eigenvalue weighted by atomic mass is 10.00. The van der Waals surface area contributed by atoms with Crippen molar-refractivity contribution in [3.05, 3.63) is 64.2 Å². The van der Waals surface area contributed by atoms with Gasteiger partial charge in [-0.3, -0.25) is 4.79 Å². The highest BCUT2D eigenvalue weighted by Gasteiger charge is 2.63. The molecule has 1 N–H and O–H groups in total. The Kier molecular flexibility index (Phi) is 5.60. The number of alkyl halides is 3. The largest absolute Gasteiger partial charge is 0.484 e. The number of hydrogen-bond donors (Lipinski definition) is 1. The number of ether oxygens (including phenoxy) is 1. The highest BCUT2D eigenvalue weighted by atomic mass is 35.5. The first-order valence-electron chi connectivity index (χ1n) is 8.67. The number of aliphatic hydroxyl groups is 1. The summed E-state index contributed by atoms with van der Waals surface area (Å²) in [6.45, 7) is 2.82. The summed E-state index contributed by atoms with van der Waals surface area (Å²) in [5.74, 6) is -0.864. The van der Waals surface area contributed by atoms with E-state index < -0.39 is 30.8 Å². The van der Waals surface area contributed by atoms with Crippen LogP contribution in [0.5, 0.6) is 5.75 Å². The van der Waals surface area contributed by atoms with E-state index in [1.807, 2.05) is 6.92 Å². The molecule has 1 unspecified atom stereocenters. The Hall–Kier alpha value is -2.58. The summed E-state index contributed by atoms with van der Waals surface area (Å²) in [6.07, 6.45) is -5.97. The van der Waals surface area contributed by atoms with Crippen LogP contribution in [-0.2, 0) is 4.79 Å². The number of carbonyl (C=O) groups is 1. The van der Waals surface area contributed by atoms with Crippen molar-refractivity contribution in [1.82, 2.24) is 5.01 Å². The normalized spacial score (nSPS) is 19.3. The SMILES string of the molecule is Cc1ccc(C2=NN(C(=O)COc3ccc(Cl)c(C)c3)C(O)(C(F)(F)F)C2)cc1. The van der Waals surface area contributed by atoms with Crippen LogP contribution in [0.25, 0.3) is 0 Å². The second-order valence-electron chi connectivity index (χ2n) is 6.81. The molecule has 2 aromatic rings. The molecule has 0 saturated carbocycles. The first-order valence-corrected chi connectivity index (χ1v) is 9.05. The Balaban J connectivity index is 1.84. The van der Waals surface area contributed by atoms with Crippen LogP contribution in [0.2, 0.25) is 5.02 Å². The predicted octanol–water partition coefficient (Wildman–Crippen LogP) is 4.22. The summed E-state index contributed by atoms with van der Waals surface area (Å²) in [5, 5.41) is 14.6. The Morgan fingerprint density at radius 1 is 1.24 bits per heavy atom. The minimum atomic E-state index is -5.10. The Morgan fingerprint density at radius 3 is 2.48 bits per heavy atom. The maximum absolute atomic E-state index is 13.6. The van der Waals surface area contributed by atoms with E-state index in [1.54, 1.807) is 43.3 Å². The van der Waals surface area contributed by atoms with Crippen LogP contribution in [0.1, 0.15) is 23.1 Å². The third-order valence-electron chi connectivity index (χ3n) is 4.55. The second-order valence-corrected chi connectivity index (χ2v) is 7.22. The molecular weight excluding hydrogens is 409 g/mol. The maximum atomic E-state index is 13.6. The molecule has 2 aromatic carbocycles. The summed E-state index contributed by atoms with van der Waals surface area (Å²) in [5.41, 5.74) is -1.49. The molecule has 9 heteroatoms. The minimum Gasteiger partial charge on any atom is -0.484 e. The summed E-state index contributed by atoms with van der Waals surface area (Å²) in [7, 11) is 0. The lowest BCUT2D eigenvalue weighted by molar-refractivity contribution is -0.302. The van der Waals surface area contributed by atoms with Crippen LogP contribution >= 0.6 is 11.6 Å². The summed E-state index contributed by atoms with van der Waals surface area (Å²) < 4.78 is 46.1. The van der Waals surface area contributed by atoms with E-state index in [2.05, 4.69) is 5.10 Å². The van der Waals surface area contributed by atoms with E-state index >= 15 is 0 Å². The van der Waals surface area contributed by atoms with Gasteiger partial charge < -0.3 is 9.84 Å². The lowest BCUT2D eigenvalue weighted by Crippen LogP contribution is -2.57. The van der Waals surface area contributed by atoms with Crippen molar-refractivity contribution >= 4 is 23.2 Å². The highest BCUT2D eigenvalue weighted by Crippen LogP contribution is 2.41. The number of amides is 1. The molecule has 154 valence electrons. The standard InChI is InChI=1S/C20H18ClF3N2O3/c1-12-3-5-14(6-4-12)17-10-19(28,20(22,23)24)26(25-17)18(27)11-29-15-7-8-16(21)13(2)9-15/h3-9,28H,10-11H2,1-2H3. The van der Waals surface area contributed by atoms with Crippen molar-refractivity contribution in [2.45, 2.75) is 32.2 Å². The zero-order chi connectivity index (χ0) is 21.4. The van der Waals surface area contributed by atoms with Crippen molar-refractivity contribution in [3.63, 3.8) is 0 Å². The fourth-order valence-corrected chi connectivity index (χ4v) is 2.97. The van der Waals surface area contributed by atoms with E-state index in [-0.39, 0.29) is 16.5 Å². The summed E-state index contributed by atoms with van der Waals surface area (Å²) >= 11 is 5.91. The van der Waals surface area contributed by atoms with Crippen LogP contribution in [0, 0.1) is 13.8 Å². The average molecular weight is 427 g/mol. The fourth-order valence-electron chi connectivity index (χ4n) is 2.85. The van der Waals surface area contributed by atoms with Gasteiger partial charge in [0, 0.05) is 5.02 Å². The van der Waals surface area contributed by atoms with E-state index in [4.69, 9.17) is 16.3 Å². The zero-order valence-corrected chi connectivity index (χ0v) is 16.4. The van der Waals surface area contributed by atoms with Crippen molar-refractivity contribution in [2.24, 2.45) is 5.10 Å². The number of hydrazone groups is 1. The van der Waals surface area contributed by atoms with Crippen LogP contribution in [0.3, 0.4) is 0 Å². The van der Waals surface area contributed by atoms with Gasteiger partial charge in [-0.05, 0) is 43.2 Å². The van der Waals surface area contributed by atoms with Gasteiger partial charge >= 0.3 is 6.18 Å². The van der Waals surface area contributed by atoms with Crippen LogP contribution in [0.15, 0.2) is 47.6 Å². The Morgan fingerprint density at radius 2 is 1.90 bits per heavy atom. The quantitative estimate of drug-likeness (QED) is 0.796. The molecule has 5 nitrogen and oxygen atoms in total. The second kappa shape index (κ2) is 7.68. The summed E-state index contributed by atoms with van der Waals surface area (Å²) in [6, 6.07) is 11.2. The smallest absolute Gasteiger partial charge is 0.438 e. The molecule has 0 aliphatic carbocycles. The number of carbonyl (C=O) groups excluding carboxylic acids is 1. The third-order valence-corrected chi connectivity index (χ3v) is 4.98. The number of rotatable bonds is 4. The molecule has 1 aliphatic rings. The van der Waals surface area contributed by atoms with Gasteiger partial charge in [-0.1, -0.05) is 41.4 Å². The van der Waals surface area contributed by atoms with E-state index in [0.717, 1.165) is 5.56 Å². The molecule has 0 radical (unpaired) electrons. The van der Waals surface area contributed by atoms with Gasteiger partial charge in [-0.2, -0.15) is 23.3 Å². The van der Waals surface area contributed by atoms with Gasteiger partial charge in [0.2, 0.25) is 0 Å². The molecule has 29 heavy (non-hydrogen) atoms. The molecule has 0 saturated heterocycles. The topological polar surface area (TPSA) is 62.1 Å². The number of aryl methyl sites for hydroxylation is 2. The molecule has 1 amide bonds. The molecule has 1 aliphatic heterocycles. The van der Waals surface area contributed by atoms with Gasteiger partial charge in [-0.25, -0.2) is 0 Å². The summed E-state index contributed by atoms with van der Waals surface area (Å²) in [4.78, 5) is 12.5. The van der Waals surface area contributed by atoms with Crippen LogP contribution < -0.4 is 4.74 Å². The monoisotopic (exact) mass is 426 g/mol. The maximum Gasteiger partial charge on any atom is 0.438 e. The van der Waals surface area contributed by atoms with E-state index in [9.17, 15) is 23.1 Å². The van der Waals surface area contributed by atoms with Crippen molar-refractivity contribution < 1.29 is 27.8 Å². The zero-order valence-electron chi connectivity index (χ0n) is 15.6. The highest BCUT2D eigenvalue weighted by molar-refractivity contribution is 6.31. The molecular formula is C20H18ClF3N2O3. The van der Waals surface area contributed by atoms with Crippen molar-refractivity contribution in [3.8, 4) is 5.75 Å². The molecule has 1 heterocycles. The van der Waals surface area contributed by atoms with Gasteiger partial charge in [0.25, 0.3) is 11.6 Å². The molecule has 0 fully saturated rings. The van der Waals surface area contributed by atoms with Crippen molar-refractivity contribution in [2.75, 3.05) is 6.61 Å². The van der Waals surface area contributed by atoms with E-state index in [1.165, 1.54) is 6.07 Å². The van der Waals surface area contributed by atoms with Crippen LogP contribution in [0.4, 0.5) is 13.2 Å². The number of nitrogens with zero attached hydrogens (tertiary/aromatic N) is 2. The molecule has 0 bridgehead atoms. The minimum absolute atomic E-state index is 0.0412. The molecule has 0 aromatic heterocycles. The van der Waals surface area contributed by atoms with E-state index in [0.29, 0.717) is 16.1 Å². The number of hydrogen-bond acceptors (Lipinski definition) is 4. The van der Waals surface area contributed by atoms with Crippen molar-refractivity contribution in [1.29, 1.82) is 0 Å². The fraction of sp³-hybridized carbons (Fsp3) is 0.300. The van der Waals surface area contributed by atoms with Gasteiger partial charge in [-0.15, -0.1) is 0 Å². The van der Waals surface area contributed by atoms with Gasteiger partial charge in [0.15, 0.2) is 6.61 Å². The number of halogens is 4. The predicted molar refractivity (Wildman–Crippen MR) is 102 cm³/mol.